The molecule has 8 rings (SSSR count). The Morgan fingerprint density at radius 1 is 0.455 bits per heavy atom. The third-order valence-corrected chi connectivity index (χ3v) is 19.8. The van der Waals surface area contributed by atoms with Crippen LogP contribution in [-0.4, -0.2) is 189 Å². The fourth-order valence-electron chi connectivity index (χ4n) is 14.1. The van der Waals surface area contributed by atoms with E-state index >= 15 is 19.2 Å². The van der Waals surface area contributed by atoms with Gasteiger partial charge < -0.3 is 96.7 Å². The Kier molecular flexibility index (Phi) is 31.8. The number of aromatic amines is 2. The van der Waals surface area contributed by atoms with E-state index in [-0.39, 0.29) is 95.2 Å². The number of aromatic nitrogens is 2. The molecule has 6 aromatic rings. The minimum atomic E-state index is -1.62. The minimum Gasteiger partial charge on any atom is -0.370 e. The molecule has 0 radical (unpaired) electrons. The highest BCUT2D eigenvalue weighted by Crippen LogP contribution is 2.26. The molecule has 31 heteroatoms. The van der Waals surface area contributed by atoms with Crippen LogP contribution in [-0.2, 0) is 83.2 Å². The number of benzene rings is 4. The van der Waals surface area contributed by atoms with Crippen molar-refractivity contribution < 1.29 is 57.5 Å². The van der Waals surface area contributed by atoms with E-state index in [9.17, 15) is 38.4 Å². The summed E-state index contributed by atoms with van der Waals surface area (Å²) >= 11 is 0. The molecule has 0 aliphatic carbocycles. The smallest absolute Gasteiger partial charge is 0.245 e. The predicted octanol–water partition coefficient (Wildman–Crippen LogP) is 1.13. The van der Waals surface area contributed by atoms with E-state index in [0.717, 1.165) is 10.9 Å². The quantitative estimate of drug-likeness (QED) is 0.0145. The molecule has 11 atom stereocenters. The summed E-state index contributed by atoms with van der Waals surface area (Å²) in [6.07, 6.45) is 5.43. The zero-order valence-electron chi connectivity index (χ0n) is 63.1. The van der Waals surface area contributed by atoms with Gasteiger partial charge in [-0.25, -0.2) is 0 Å². The Bertz CT molecular complexity index is 4180. The number of unbranched alkanes of at least 4 members (excludes halogenated alkanes) is 1. The number of carbonyl (C=O) groups is 12. The summed E-state index contributed by atoms with van der Waals surface area (Å²) in [6, 6.07) is 18.1. The molecule has 0 saturated carbocycles. The van der Waals surface area contributed by atoms with E-state index in [2.05, 4.69) is 57.5 Å². The summed E-state index contributed by atoms with van der Waals surface area (Å²) in [5.74, 6) is -9.11. The molecule has 110 heavy (non-hydrogen) atoms. The van der Waals surface area contributed by atoms with E-state index < -0.39 is 150 Å². The number of nitrogens with one attached hydrogen (secondary N) is 10. The zero-order chi connectivity index (χ0) is 79.6. The first-order valence-electron chi connectivity index (χ1n) is 38.0. The Balaban J connectivity index is 1.06. The lowest BCUT2D eigenvalue weighted by atomic mass is 9.98. The second kappa shape index (κ2) is 41.4. The number of para-hydroxylation sites is 2. The highest BCUT2D eigenvalue weighted by Gasteiger charge is 2.43. The molecule has 2 aliphatic rings. The van der Waals surface area contributed by atoms with Gasteiger partial charge in [0.2, 0.25) is 70.9 Å². The second-order valence-corrected chi connectivity index (χ2v) is 29.4. The Morgan fingerprint density at radius 2 is 0.864 bits per heavy atom. The van der Waals surface area contributed by atoms with Crippen LogP contribution in [0.5, 0.6) is 0 Å². The van der Waals surface area contributed by atoms with Gasteiger partial charge in [-0.2, -0.15) is 0 Å². The summed E-state index contributed by atoms with van der Waals surface area (Å²) in [5.41, 5.74) is 38.4. The number of hydrogen-bond acceptors (Lipinski definition) is 15. The van der Waals surface area contributed by atoms with E-state index in [0.29, 0.717) is 78.2 Å². The molecule has 0 unspecified atom stereocenters. The number of fused-ring (bicyclic) bond motifs is 2. The van der Waals surface area contributed by atoms with Gasteiger partial charge in [-0.1, -0.05) is 125 Å². The maximum absolute atomic E-state index is 15.5. The molecular formula is C79H109N19O12. The predicted molar refractivity (Wildman–Crippen MR) is 417 cm³/mol. The molecule has 4 heterocycles. The van der Waals surface area contributed by atoms with Crippen LogP contribution in [0.1, 0.15) is 133 Å². The van der Waals surface area contributed by atoms with Gasteiger partial charge in [0.1, 0.15) is 60.4 Å². The maximum atomic E-state index is 15.5. The van der Waals surface area contributed by atoms with Crippen molar-refractivity contribution in [3.05, 3.63) is 144 Å². The molecule has 0 spiro atoms. The average molecular weight is 1520 g/mol. The second-order valence-electron chi connectivity index (χ2n) is 29.4. The number of nitrogens with two attached hydrogens (primary N) is 6. The van der Waals surface area contributed by atoms with Crippen molar-refractivity contribution in [1.82, 2.24) is 62.3 Å². The van der Waals surface area contributed by atoms with E-state index in [1.165, 1.54) is 9.80 Å². The van der Waals surface area contributed by atoms with Crippen LogP contribution >= 0.6 is 0 Å². The minimum absolute atomic E-state index is 0.0260. The lowest BCUT2D eigenvalue weighted by Gasteiger charge is -2.32. The first kappa shape index (κ1) is 84.4. The van der Waals surface area contributed by atoms with Crippen molar-refractivity contribution in [2.75, 3.05) is 26.2 Å². The summed E-state index contributed by atoms with van der Waals surface area (Å²) in [5, 5.41) is 24.1. The van der Waals surface area contributed by atoms with Crippen molar-refractivity contribution in [1.29, 1.82) is 0 Å². The number of carbonyl (C=O) groups excluding carboxylic acids is 12. The molecule has 2 fully saturated rings. The largest absolute Gasteiger partial charge is 0.370 e. The van der Waals surface area contributed by atoms with Crippen molar-refractivity contribution in [2.45, 2.75) is 203 Å². The first-order chi connectivity index (χ1) is 52.7. The van der Waals surface area contributed by atoms with Gasteiger partial charge in [-0.15, -0.1) is 0 Å². The van der Waals surface area contributed by atoms with Crippen LogP contribution in [0, 0.1) is 11.8 Å². The third-order valence-electron chi connectivity index (χ3n) is 19.8. The number of hydrogen-bond donors (Lipinski definition) is 16. The molecular weight excluding hydrogens is 1410 g/mol. The molecule has 4 aromatic carbocycles. The molecule has 22 N–H and O–H groups in total. The van der Waals surface area contributed by atoms with Crippen molar-refractivity contribution in [3.8, 4) is 0 Å². The van der Waals surface area contributed by atoms with E-state index in [1.54, 1.807) is 79.1 Å². The van der Waals surface area contributed by atoms with Crippen LogP contribution in [0.4, 0.5) is 0 Å². The number of nitrogens with zero attached hydrogens (tertiary/aromatic N) is 3. The van der Waals surface area contributed by atoms with Gasteiger partial charge in [-0.05, 0) is 130 Å². The van der Waals surface area contributed by atoms with Crippen LogP contribution in [0.3, 0.4) is 0 Å². The van der Waals surface area contributed by atoms with Crippen molar-refractivity contribution >= 4 is 98.7 Å². The number of H-pyrrole nitrogens is 2. The fraction of sp³-hybridized carbons (Fsp3) is 0.481. The Labute approximate surface area is 640 Å². The van der Waals surface area contributed by atoms with Crippen LogP contribution in [0.15, 0.2) is 127 Å². The van der Waals surface area contributed by atoms with Gasteiger partial charge >= 0.3 is 0 Å². The van der Waals surface area contributed by atoms with Gasteiger partial charge in [-0.3, -0.25) is 62.5 Å². The number of rotatable bonds is 42. The highest BCUT2D eigenvalue weighted by atomic mass is 16.2. The van der Waals surface area contributed by atoms with Gasteiger partial charge in [0, 0.05) is 85.9 Å². The first-order valence-corrected chi connectivity index (χ1v) is 38.0. The summed E-state index contributed by atoms with van der Waals surface area (Å²) in [4.78, 5) is 187. The number of amides is 12. The van der Waals surface area contributed by atoms with Crippen LogP contribution in [0.2, 0.25) is 0 Å². The number of likely N-dealkylation sites (tertiary alicyclic amines) is 2. The highest BCUT2D eigenvalue weighted by molar-refractivity contribution is 6.00. The van der Waals surface area contributed by atoms with Crippen molar-refractivity contribution in [2.24, 2.45) is 51.2 Å². The van der Waals surface area contributed by atoms with E-state index in [1.807, 2.05) is 70.2 Å². The standard InChI is InChI=1S/C79H109N19O12/c1-46(2)38-59(68(83)100)91-70(102)60(39-47(3)4)92-73(105)64(43-51-45-88-56-28-14-12-25-53(51)56)95-72(104)61(40-48-20-7-5-8-21-48)93-74(106)63(42-50-44-87-55-27-13-11-24-52(50)55)94-69(101)57(32-33-67(82)99)89-71(103)62(41-49-22-9-6-10-23-49)96-76(108)66-31-19-37-98(66)78(110)58(29-15-16-34-80)90-75(107)65-30-18-36-97(65)77(109)54(81)26-17-35-86-79(84)85/h5-14,20-25,27-28,44-47,54,57-66,87-88H,15-19,26,29-43,80-81H2,1-4H3,(H2,82,99)(H2,83,100)(H,89,103)(H,90,107)(H,91,102)(H,92,105)(H,93,106)(H,94,101)(H,95,104)(H,96,108)(H4,84,85,86)/t54-,57-,58-,59-,60-,61-,62-,63-,64-,65-,66-/m0/s1. The van der Waals surface area contributed by atoms with E-state index in [4.69, 9.17) is 34.4 Å². The van der Waals surface area contributed by atoms with Gasteiger partial charge in [0.05, 0.1) is 6.04 Å². The maximum Gasteiger partial charge on any atom is 0.245 e. The summed E-state index contributed by atoms with van der Waals surface area (Å²) in [7, 11) is 0. The normalized spacial score (nSPS) is 16.6. The van der Waals surface area contributed by atoms with Crippen LogP contribution in [0.25, 0.3) is 21.8 Å². The SMILES string of the molecule is CC(C)C[C@H](NC(=O)[C@H](CC(C)C)NC(=O)[C@H](Cc1c[nH]c2ccccc12)NC(=O)[C@H](Cc1ccccc1)NC(=O)[C@H](Cc1c[nH]c2ccccc12)NC(=O)[C@H](CCC(N)=O)NC(=O)[C@H](Cc1ccccc1)NC(=O)[C@@H]1CCCN1C(=O)[C@H](CCCCN)NC(=O)[C@@H]1CCCN1C(=O)[C@@H](N)CCCN=C(N)N)C(N)=O. The lowest BCUT2D eigenvalue weighted by Crippen LogP contribution is -2.61. The average Bonchev–Trinajstić information content (AvgIpc) is 1.64. The lowest BCUT2D eigenvalue weighted by molar-refractivity contribution is -0.144. The molecule has 2 saturated heterocycles. The Morgan fingerprint density at radius 3 is 1.34 bits per heavy atom. The molecule has 2 aromatic heterocycles. The topological polar surface area (TPSA) is 508 Å². The molecule has 31 nitrogen and oxygen atoms in total. The number of guanidine groups is 1. The summed E-state index contributed by atoms with van der Waals surface area (Å²) < 4.78 is 0. The van der Waals surface area contributed by atoms with Gasteiger partial charge in [0.15, 0.2) is 5.96 Å². The molecule has 0 bridgehead atoms. The van der Waals surface area contributed by atoms with Gasteiger partial charge in [0.25, 0.3) is 0 Å². The van der Waals surface area contributed by atoms with Crippen molar-refractivity contribution in [3.63, 3.8) is 0 Å². The molecule has 2 aliphatic heterocycles. The molecule has 592 valence electrons. The summed E-state index contributed by atoms with van der Waals surface area (Å²) in [6.45, 7) is 8.40. The third kappa shape index (κ3) is 24.7. The van der Waals surface area contributed by atoms with Crippen LogP contribution < -0.4 is 76.9 Å². The fourth-order valence-corrected chi connectivity index (χ4v) is 14.1. The number of aliphatic imine (C=N–C) groups is 1. The molecule has 12 amide bonds. The Hall–Kier alpha value is -11.2. The zero-order valence-corrected chi connectivity index (χ0v) is 63.1. The monoisotopic (exact) mass is 1520 g/mol. The number of primary amides is 2.